The van der Waals surface area contributed by atoms with Crippen LogP contribution >= 0.6 is 50.5 Å². The molecular formula is C18H13BrCl2N2O2S. The molecule has 3 rings (SSSR count). The van der Waals surface area contributed by atoms with Gasteiger partial charge in [-0.15, -0.1) is 11.3 Å². The van der Waals surface area contributed by atoms with Gasteiger partial charge in [0.15, 0.2) is 11.7 Å². The molecule has 0 aliphatic carbocycles. The minimum atomic E-state index is -0.289. The quantitative estimate of drug-likeness (QED) is 0.481. The van der Waals surface area contributed by atoms with Crippen molar-refractivity contribution in [1.82, 2.24) is 4.98 Å². The number of thiazole rings is 1. The molecule has 0 aliphatic heterocycles. The molecule has 1 aromatic heterocycles. The number of rotatable bonds is 5. The molecule has 1 amide bonds. The van der Waals surface area contributed by atoms with Gasteiger partial charge in [-0.2, -0.15) is 0 Å². The summed E-state index contributed by atoms with van der Waals surface area (Å²) >= 11 is 16.6. The van der Waals surface area contributed by atoms with E-state index < -0.39 is 0 Å². The highest BCUT2D eigenvalue weighted by Crippen LogP contribution is 2.31. The largest absolute Gasteiger partial charge is 0.483 e. The Morgan fingerprint density at radius 1 is 1.19 bits per heavy atom. The fraction of sp³-hybridized carbons (Fsp3) is 0.111. The maximum absolute atomic E-state index is 12.1. The first-order valence-electron chi connectivity index (χ1n) is 7.53. The third kappa shape index (κ3) is 4.76. The summed E-state index contributed by atoms with van der Waals surface area (Å²) < 4.78 is 6.19. The second kappa shape index (κ2) is 8.39. The van der Waals surface area contributed by atoms with Gasteiger partial charge >= 0.3 is 0 Å². The Balaban J connectivity index is 1.64. The summed E-state index contributed by atoms with van der Waals surface area (Å²) in [5.74, 6) is 0.255. The van der Waals surface area contributed by atoms with E-state index in [1.54, 1.807) is 18.2 Å². The van der Waals surface area contributed by atoms with E-state index in [0.29, 0.717) is 25.4 Å². The Kier molecular flexibility index (Phi) is 6.19. The van der Waals surface area contributed by atoms with E-state index in [4.69, 9.17) is 27.9 Å². The van der Waals surface area contributed by atoms with Crippen LogP contribution in [0.5, 0.6) is 5.75 Å². The van der Waals surface area contributed by atoms with Gasteiger partial charge in [-0.3, -0.25) is 10.1 Å². The molecule has 0 unspecified atom stereocenters. The molecule has 0 spiro atoms. The molecule has 0 atom stereocenters. The first-order valence-corrected chi connectivity index (χ1v) is 9.90. The predicted molar refractivity (Wildman–Crippen MR) is 111 cm³/mol. The number of benzene rings is 2. The van der Waals surface area contributed by atoms with E-state index in [9.17, 15) is 4.79 Å². The number of nitrogens with one attached hydrogen (secondary N) is 1. The van der Waals surface area contributed by atoms with Crippen molar-refractivity contribution in [2.45, 2.75) is 6.92 Å². The summed E-state index contributed by atoms with van der Waals surface area (Å²) in [6, 6.07) is 12.5. The molecule has 0 fully saturated rings. The molecule has 2 aromatic carbocycles. The lowest BCUT2D eigenvalue weighted by Crippen LogP contribution is -2.20. The molecule has 1 heterocycles. The number of hydrogen-bond acceptors (Lipinski definition) is 4. The fourth-order valence-electron chi connectivity index (χ4n) is 2.22. The van der Waals surface area contributed by atoms with Crippen LogP contribution in [0.15, 0.2) is 46.9 Å². The molecular weight excluding hydrogens is 459 g/mol. The molecule has 0 bridgehead atoms. The molecule has 4 nitrogen and oxygen atoms in total. The van der Waals surface area contributed by atoms with Crippen LogP contribution in [0.1, 0.15) is 4.88 Å². The first kappa shape index (κ1) is 19.2. The van der Waals surface area contributed by atoms with E-state index in [1.807, 2.05) is 31.2 Å². The smallest absolute Gasteiger partial charge is 0.264 e. The average Bonchev–Trinajstić information content (AvgIpc) is 2.95. The highest BCUT2D eigenvalue weighted by molar-refractivity contribution is 9.10. The number of hydrogen-bond donors (Lipinski definition) is 1. The number of aromatic nitrogens is 1. The maximum Gasteiger partial charge on any atom is 0.264 e. The van der Waals surface area contributed by atoms with Crippen molar-refractivity contribution >= 4 is 61.5 Å². The van der Waals surface area contributed by atoms with Crippen LogP contribution in [0.2, 0.25) is 10.0 Å². The molecule has 0 saturated carbocycles. The number of aryl methyl sites for hydroxylation is 1. The summed E-state index contributed by atoms with van der Waals surface area (Å²) in [5, 5.41) is 4.54. The molecule has 3 aromatic rings. The van der Waals surface area contributed by atoms with Gasteiger partial charge in [0.25, 0.3) is 5.91 Å². The number of nitrogens with zero attached hydrogens (tertiary/aromatic N) is 1. The first-order chi connectivity index (χ1) is 12.4. The normalized spacial score (nSPS) is 10.6. The van der Waals surface area contributed by atoms with Gasteiger partial charge in [-0.25, -0.2) is 4.98 Å². The Labute approximate surface area is 173 Å². The third-order valence-electron chi connectivity index (χ3n) is 3.41. The lowest BCUT2D eigenvalue weighted by Gasteiger charge is -2.07. The topological polar surface area (TPSA) is 51.2 Å². The summed E-state index contributed by atoms with van der Waals surface area (Å²) in [5.41, 5.74) is 1.77. The van der Waals surface area contributed by atoms with E-state index in [2.05, 4.69) is 26.2 Å². The van der Waals surface area contributed by atoms with E-state index >= 15 is 0 Å². The van der Waals surface area contributed by atoms with Crippen molar-refractivity contribution in [3.8, 4) is 17.0 Å². The number of halogens is 3. The van der Waals surface area contributed by atoms with E-state index in [0.717, 1.165) is 16.1 Å². The monoisotopic (exact) mass is 470 g/mol. The van der Waals surface area contributed by atoms with Gasteiger partial charge in [-0.05, 0) is 53.2 Å². The van der Waals surface area contributed by atoms with Gasteiger partial charge in [-0.1, -0.05) is 35.3 Å². The second-order valence-corrected chi connectivity index (χ2v) is 8.27. The van der Waals surface area contributed by atoms with Gasteiger partial charge in [0.1, 0.15) is 5.75 Å². The lowest BCUT2D eigenvalue weighted by molar-refractivity contribution is -0.118. The van der Waals surface area contributed by atoms with E-state index in [-0.39, 0.29) is 12.5 Å². The van der Waals surface area contributed by atoms with Crippen LogP contribution in [-0.4, -0.2) is 17.5 Å². The number of carbonyl (C=O) groups excluding carboxylic acids is 1. The third-order valence-corrected chi connectivity index (χ3v) is 5.41. The Morgan fingerprint density at radius 2 is 1.88 bits per heavy atom. The molecule has 0 aliphatic rings. The lowest BCUT2D eigenvalue weighted by atomic mass is 10.1. The molecule has 0 radical (unpaired) electrons. The summed E-state index contributed by atoms with van der Waals surface area (Å²) in [7, 11) is 0. The van der Waals surface area contributed by atoms with Crippen molar-refractivity contribution < 1.29 is 9.53 Å². The van der Waals surface area contributed by atoms with Gasteiger partial charge < -0.3 is 4.74 Å². The highest BCUT2D eigenvalue weighted by Gasteiger charge is 2.13. The zero-order chi connectivity index (χ0) is 18.7. The zero-order valence-electron chi connectivity index (χ0n) is 13.6. The summed E-state index contributed by atoms with van der Waals surface area (Å²) in [4.78, 5) is 17.6. The fourth-order valence-corrected chi connectivity index (χ4v) is 3.99. The van der Waals surface area contributed by atoms with Crippen molar-refractivity contribution in [3.63, 3.8) is 0 Å². The van der Waals surface area contributed by atoms with Crippen molar-refractivity contribution in [3.05, 3.63) is 61.9 Å². The van der Waals surface area contributed by atoms with Crippen LogP contribution in [0.25, 0.3) is 11.3 Å². The standard InChI is InChI=1S/C18H13BrCl2N2O2S/c1-10-17(11-2-4-12(20)5-3-11)23-18(26-10)22-16(24)9-25-15-7-6-13(21)8-14(15)19/h2-8H,9H2,1H3,(H,22,23,24). The van der Waals surface area contributed by atoms with Crippen LogP contribution in [-0.2, 0) is 4.79 Å². The molecule has 1 N–H and O–H groups in total. The van der Waals surface area contributed by atoms with Gasteiger partial charge in [0.05, 0.1) is 10.2 Å². The number of ether oxygens (including phenoxy) is 1. The Bertz CT molecular complexity index is 945. The Morgan fingerprint density at radius 3 is 2.58 bits per heavy atom. The highest BCUT2D eigenvalue weighted by atomic mass is 79.9. The van der Waals surface area contributed by atoms with Gasteiger partial charge in [0, 0.05) is 20.5 Å². The van der Waals surface area contributed by atoms with Crippen molar-refractivity contribution in [1.29, 1.82) is 0 Å². The van der Waals surface area contributed by atoms with Gasteiger partial charge in [0.2, 0.25) is 0 Å². The van der Waals surface area contributed by atoms with Crippen LogP contribution in [0.4, 0.5) is 5.13 Å². The maximum atomic E-state index is 12.1. The summed E-state index contributed by atoms with van der Waals surface area (Å²) in [6.07, 6.45) is 0. The zero-order valence-corrected chi connectivity index (χ0v) is 17.5. The minimum absolute atomic E-state index is 0.130. The summed E-state index contributed by atoms with van der Waals surface area (Å²) in [6.45, 7) is 1.83. The van der Waals surface area contributed by atoms with Crippen LogP contribution in [0.3, 0.4) is 0 Å². The number of anilines is 1. The number of carbonyl (C=O) groups is 1. The van der Waals surface area contributed by atoms with Crippen LogP contribution in [0, 0.1) is 6.92 Å². The number of amides is 1. The minimum Gasteiger partial charge on any atom is -0.483 e. The molecule has 134 valence electrons. The van der Waals surface area contributed by atoms with Crippen LogP contribution < -0.4 is 10.1 Å². The average molecular weight is 472 g/mol. The molecule has 8 heteroatoms. The SMILES string of the molecule is Cc1sc(NC(=O)COc2ccc(Cl)cc2Br)nc1-c1ccc(Cl)cc1. The van der Waals surface area contributed by atoms with Crippen molar-refractivity contribution in [2.24, 2.45) is 0 Å². The van der Waals surface area contributed by atoms with Crippen molar-refractivity contribution in [2.75, 3.05) is 11.9 Å². The molecule has 26 heavy (non-hydrogen) atoms. The Hall–Kier alpha value is -1.60. The van der Waals surface area contributed by atoms with E-state index in [1.165, 1.54) is 11.3 Å². The molecule has 0 saturated heterocycles. The second-order valence-electron chi connectivity index (χ2n) is 5.34. The predicted octanol–water partition coefficient (Wildman–Crippen LogP) is 6.21.